The number of aryl methyl sites for hydroxylation is 1. The zero-order valence-electron chi connectivity index (χ0n) is 15.9. The average Bonchev–Trinajstić information content (AvgIpc) is 3.24. The Morgan fingerprint density at radius 2 is 1.89 bits per heavy atom. The number of nitrogens with zero attached hydrogens (tertiary/aromatic N) is 3. The van der Waals surface area contributed by atoms with E-state index in [2.05, 4.69) is 17.6 Å². The van der Waals surface area contributed by atoms with Crippen LogP contribution in [0.15, 0.2) is 48.5 Å². The number of ether oxygens (including phenoxy) is 1. The molecule has 1 saturated heterocycles. The number of rotatable bonds is 6. The molecule has 2 heterocycles. The molecule has 0 saturated carbocycles. The van der Waals surface area contributed by atoms with Gasteiger partial charge in [-0.25, -0.2) is 4.98 Å². The quantitative estimate of drug-likeness (QED) is 0.653. The second-order valence-corrected chi connectivity index (χ2v) is 6.92. The summed E-state index contributed by atoms with van der Waals surface area (Å²) in [7, 11) is 0. The van der Waals surface area contributed by atoms with Crippen molar-refractivity contribution in [3.8, 4) is 5.75 Å². The van der Waals surface area contributed by atoms with Crippen molar-refractivity contribution in [1.29, 1.82) is 0 Å². The third-order valence-electron chi connectivity index (χ3n) is 5.08. The number of benzene rings is 2. The van der Waals surface area contributed by atoms with Crippen molar-refractivity contribution < 1.29 is 9.53 Å². The fourth-order valence-electron chi connectivity index (χ4n) is 3.94. The minimum absolute atomic E-state index is 0.0890. The van der Waals surface area contributed by atoms with Gasteiger partial charge in [0.25, 0.3) is 0 Å². The normalized spacial score (nSPS) is 17.0. The van der Waals surface area contributed by atoms with Gasteiger partial charge in [0.05, 0.1) is 23.3 Å². The van der Waals surface area contributed by atoms with Crippen molar-refractivity contribution in [1.82, 2.24) is 9.55 Å². The number of carbonyl (C=O) groups excluding carboxylic acids is 1. The number of para-hydroxylation sites is 4. The third-order valence-corrected chi connectivity index (χ3v) is 5.08. The monoisotopic (exact) mass is 363 g/mol. The minimum Gasteiger partial charge on any atom is -0.492 e. The van der Waals surface area contributed by atoms with Crippen LogP contribution < -0.4 is 9.64 Å². The summed E-state index contributed by atoms with van der Waals surface area (Å²) in [6, 6.07) is 16.0. The lowest BCUT2D eigenvalue weighted by molar-refractivity contribution is -0.117. The van der Waals surface area contributed by atoms with Crippen molar-refractivity contribution in [2.45, 2.75) is 39.2 Å². The number of hydrogen-bond donors (Lipinski definition) is 0. The van der Waals surface area contributed by atoms with Gasteiger partial charge in [-0.05, 0) is 37.6 Å². The summed E-state index contributed by atoms with van der Waals surface area (Å²) < 4.78 is 8.02. The fraction of sp³-hybridized carbons (Fsp3) is 0.364. The van der Waals surface area contributed by atoms with Crippen molar-refractivity contribution in [2.24, 2.45) is 0 Å². The standard InChI is InChI=1S/C22H25N3O2/c1-3-13-24-18-10-6-5-9-17(18)23-22(24)16-14-21(26)25(15-16)19-11-7-8-12-20(19)27-4-2/h5-12,16H,3-4,13-15H2,1-2H3. The highest BCUT2D eigenvalue weighted by molar-refractivity contribution is 5.97. The first kappa shape index (κ1) is 17.6. The maximum absolute atomic E-state index is 12.8. The molecule has 27 heavy (non-hydrogen) atoms. The Labute approximate surface area is 159 Å². The van der Waals surface area contributed by atoms with Crippen molar-refractivity contribution >= 4 is 22.6 Å². The van der Waals surface area contributed by atoms with E-state index in [9.17, 15) is 4.79 Å². The van der Waals surface area contributed by atoms with E-state index in [0.717, 1.165) is 41.3 Å². The predicted molar refractivity (Wildman–Crippen MR) is 107 cm³/mol. The molecule has 140 valence electrons. The number of imidazole rings is 1. The molecule has 3 aromatic rings. The molecule has 0 aliphatic carbocycles. The predicted octanol–water partition coefficient (Wildman–Crippen LogP) is 4.37. The lowest BCUT2D eigenvalue weighted by Gasteiger charge is -2.20. The van der Waals surface area contributed by atoms with E-state index in [4.69, 9.17) is 9.72 Å². The molecule has 0 spiro atoms. The summed E-state index contributed by atoms with van der Waals surface area (Å²) in [4.78, 5) is 19.6. The van der Waals surface area contributed by atoms with Crippen molar-refractivity contribution in [3.63, 3.8) is 0 Å². The second-order valence-electron chi connectivity index (χ2n) is 6.92. The largest absolute Gasteiger partial charge is 0.492 e. The highest BCUT2D eigenvalue weighted by Crippen LogP contribution is 2.37. The summed E-state index contributed by atoms with van der Waals surface area (Å²) >= 11 is 0. The van der Waals surface area contributed by atoms with Gasteiger partial charge in [0.15, 0.2) is 0 Å². The Morgan fingerprint density at radius 3 is 2.70 bits per heavy atom. The SMILES string of the molecule is CCCn1c(C2CC(=O)N(c3ccccc3OCC)C2)nc2ccccc21. The summed E-state index contributed by atoms with van der Waals surface area (Å²) in [6.07, 6.45) is 1.51. The van der Waals surface area contributed by atoms with Crippen LogP contribution in [0.1, 0.15) is 38.4 Å². The minimum atomic E-state index is 0.0890. The molecule has 1 amide bonds. The Bertz CT molecular complexity index is 963. The molecule has 1 fully saturated rings. The lowest BCUT2D eigenvalue weighted by atomic mass is 10.1. The van der Waals surface area contributed by atoms with E-state index < -0.39 is 0 Å². The molecule has 1 unspecified atom stereocenters. The fourth-order valence-corrected chi connectivity index (χ4v) is 3.94. The third kappa shape index (κ3) is 3.18. The molecule has 0 radical (unpaired) electrons. The first-order valence-electron chi connectivity index (χ1n) is 9.70. The van der Waals surface area contributed by atoms with Gasteiger partial charge in [-0.1, -0.05) is 31.2 Å². The van der Waals surface area contributed by atoms with Crippen molar-refractivity contribution in [3.05, 3.63) is 54.4 Å². The van der Waals surface area contributed by atoms with E-state index in [1.165, 1.54) is 0 Å². The number of amides is 1. The molecule has 5 nitrogen and oxygen atoms in total. The summed E-state index contributed by atoms with van der Waals surface area (Å²) in [5, 5.41) is 0. The number of carbonyl (C=O) groups is 1. The molecule has 5 heteroatoms. The van der Waals surface area contributed by atoms with Crippen LogP contribution in [-0.4, -0.2) is 28.6 Å². The van der Waals surface area contributed by atoms with Crippen molar-refractivity contribution in [2.75, 3.05) is 18.1 Å². The van der Waals surface area contributed by atoms with E-state index in [-0.39, 0.29) is 11.8 Å². The van der Waals surface area contributed by atoms with Crippen LogP contribution in [0.2, 0.25) is 0 Å². The molecule has 0 bridgehead atoms. The van der Waals surface area contributed by atoms with Gasteiger partial charge in [-0.3, -0.25) is 4.79 Å². The van der Waals surface area contributed by atoms with Crippen LogP contribution >= 0.6 is 0 Å². The Balaban J connectivity index is 1.69. The molecule has 1 aliphatic heterocycles. The van der Waals surface area contributed by atoms with E-state index in [1.54, 1.807) is 0 Å². The molecular formula is C22H25N3O2. The van der Waals surface area contributed by atoms with Crippen LogP contribution in [0.25, 0.3) is 11.0 Å². The highest BCUT2D eigenvalue weighted by Gasteiger charge is 2.35. The van der Waals surface area contributed by atoms with Gasteiger partial charge >= 0.3 is 0 Å². The number of anilines is 1. The molecule has 0 N–H and O–H groups in total. The zero-order valence-corrected chi connectivity index (χ0v) is 15.9. The summed E-state index contributed by atoms with van der Waals surface area (Å²) in [5.41, 5.74) is 3.00. The number of fused-ring (bicyclic) bond motifs is 1. The van der Waals surface area contributed by atoms with Gasteiger partial charge in [-0.15, -0.1) is 0 Å². The van der Waals surface area contributed by atoms with Gasteiger partial charge in [0.1, 0.15) is 11.6 Å². The van der Waals surface area contributed by atoms with Crippen LogP contribution in [0.4, 0.5) is 5.69 Å². The Hall–Kier alpha value is -2.82. The summed E-state index contributed by atoms with van der Waals surface area (Å²) in [5.74, 6) is 1.99. The Morgan fingerprint density at radius 1 is 1.11 bits per heavy atom. The smallest absolute Gasteiger partial charge is 0.227 e. The first-order valence-corrected chi connectivity index (χ1v) is 9.70. The molecular weight excluding hydrogens is 338 g/mol. The van der Waals surface area contributed by atoms with Crippen LogP contribution in [-0.2, 0) is 11.3 Å². The zero-order chi connectivity index (χ0) is 18.8. The summed E-state index contributed by atoms with van der Waals surface area (Å²) in [6.45, 7) is 6.25. The molecule has 1 aromatic heterocycles. The maximum Gasteiger partial charge on any atom is 0.227 e. The van der Waals surface area contributed by atoms with Crippen LogP contribution in [0.3, 0.4) is 0 Å². The van der Waals surface area contributed by atoms with Gasteiger partial charge < -0.3 is 14.2 Å². The molecule has 2 aromatic carbocycles. The van der Waals surface area contributed by atoms with E-state index >= 15 is 0 Å². The number of hydrogen-bond acceptors (Lipinski definition) is 3. The second kappa shape index (κ2) is 7.43. The van der Waals surface area contributed by atoms with Crippen LogP contribution in [0.5, 0.6) is 5.75 Å². The lowest BCUT2D eigenvalue weighted by Crippen LogP contribution is -2.25. The van der Waals surface area contributed by atoms with Gasteiger partial charge in [0, 0.05) is 25.4 Å². The maximum atomic E-state index is 12.8. The highest BCUT2D eigenvalue weighted by atomic mass is 16.5. The number of aromatic nitrogens is 2. The van der Waals surface area contributed by atoms with Gasteiger partial charge in [-0.2, -0.15) is 0 Å². The van der Waals surface area contributed by atoms with Crippen LogP contribution in [0, 0.1) is 0 Å². The Kier molecular flexibility index (Phi) is 4.84. The van der Waals surface area contributed by atoms with E-state index in [0.29, 0.717) is 19.6 Å². The first-order chi connectivity index (χ1) is 13.2. The average molecular weight is 363 g/mol. The van der Waals surface area contributed by atoms with Gasteiger partial charge in [0.2, 0.25) is 5.91 Å². The molecule has 1 atom stereocenters. The topological polar surface area (TPSA) is 47.4 Å². The molecule has 1 aliphatic rings. The molecule has 4 rings (SSSR count). The van der Waals surface area contributed by atoms with E-state index in [1.807, 2.05) is 54.3 Å².